The van der Waals surface area contributed by atoms with Gasteiger partial charge in [-0.1, -0.05) is 6.92 Å². The standard InChI is InChI=1S/C15H26N4OS/c1-2-16-11-15(3-9-20-13-15)12-18-5-7-19(8-6-18)14-17-4-10-21-14/h4,10,16H,2-3,5-9,11-13H2,1H3. The molecule has 2 fully saturated rings. The van der Waals surface area contributed by atoms with Gasteiger partial charge in [-0.3, -0.25) is 4.90 Å². The van der Waals surface area contributed by atoms with E-state index < -0.39 is 0 Å². The first-order chi connectivity index (χ1) is 10.3. The molecule has 2 aliphatic heterocycles. The predicted octanol–water partition coefficient (Wildman–Crippen LogP) is 1.28. The number of thiazole rings is 1. The van der Waals surface area contributed by atoms with E-state index in [-0.39, 0.29) is 0 Å². The molecular formula is C15H26N4OS. The average molecular weight is 310 g/mol. The fourth-order valence-corrected chi connectivity index (χ4v) is 4.00. The lowest BCUT2D eigenvalue weighted by molar-refractivity contribution is 0.105. The van der Waals surface area contributed by atoms with Crippen molar-refractivity contribution in [3.8, 4) is 0 Å². The summed E-state index contributed by atoms with van der Waals surface area (Å²) in [7, 11) is 0. The zero-order chi connectivity index (χ0) is 14.5. The molecule has 0 amide bonds. The zero-order valence-electron chi connectivity index (χ0n) is 12.9. The molecule has 3 heterocycles. The van der Waals surface area contributed by atoms with E-state index in [9.17, 15) is 0 Å². The maximum atomic E-state index is 5.69. The molecular weight excluding hydrogens is 284 g/mol. The van der Waals surface area contributed by atoms with Crippen LogP contribution in [0.5, 0.6) is 0 Å². The van der Waals surface area contributed by atoms with Crippen LogP contribution in [0, 0.1) is 5.41 Å². The van der Waals surface area contributed by atoms with E-state index in [0.717, 1.165) is 59.0 Å². The third-order valence-electron chi connectivity index (χ3n) is 4.56. The van der Waals surface area contributed by atoms with Crippen LogP contribution in [-0.2, 0) is 4.74 Å². The molecule has 0 radical (unpaired) electrons. The molecule has 0 aliphatic carbocycles. The molecule has 2 aliphatic rings. The minimum atomic E-state index is 0.319. The van der Waals surface area contributed by atoms with Gasteiger partial charge in [-0.25, -0.2) is 4.98 Å². The molecule has 0 saturated carbocycles. The molecule has 1 aromatic heterocycles. The largest absolute Gasteiger partial charge is 0.381 e. The monoisotopic (exact) mass is 310 g/mol. The quantitative estimate of drug-likeness (QED) is 0.857. The number of ether oxygens (including phenoxy) is 1. The lowest BCUT2D eigenvalue weighted by atomic mass is 9.86. The molecule has 6 heteroatoms. The molecule has 0 bridgehead atoms. The molecule has 1 atom stereocenters. The second-order valence-electron chi connectivity index (χ2n) is 6.16. The van der Waals surface area contributed by atoms with Crippen LogP contribution in [0.25, 0.3) is 0 Å². The van der Waals surface area contributed by atoms with Crippen molar-refractivity contribution in [3.63, 3.8) is 0 Å². The van der Waals surface area contributed by atoms with E-state index in [4.69, 9.17) is 4.74 Å². The van der Waals surface area contributed by atoms with Crippen molar-refractivity contribution in [2.75, 3.05) is 63.9 Å². The maximum absolute atomic E-state index is 5.69. The van der Waals surface area contributed by atoms with Crippen LogP contribution < -0.4 is 10.2 Å². The minimum absolute atomic E-state index is 0.319. The number of nitrogens with one attached hydrogen (secondary N) is 1. The Morgan fingerprint density at radius 3 is 2.86 bits per heavy atom. The number of nitrogens with zero attached hydrogens (tertiary/aromatic N) is 3. The highest BCUT2D eigenvalue weighted by molar-refractivity contribution is 7.13. The van der Waals surface area contributed by atoms with Crippen molar-refractivity contribution in [1.82, 2.24) is 15.2 Å². The normalized spacial score (nSPS) is 27.4. The van der Waals surface area contributed by atoms with E-state index in [1.807, 2.05) is 6.20 Å². The van der Waals surface area contributed by atoms with Crippen LogP contribution in [0.3, 0.4) is 0 Å². The summed E-state index contributed by atoms with van der Waals surface area (Å²) in [5.41, 5.74) is 0.319. The van der Waals surface area contributed by atoms with Gasteiger partial charge in [0, 0.05) is 62.9 Å². The van der Waals surface area contributed by atoms with Crippen LogP contribution in [-0.4, -0.2) is 68.9 Å². The molecule has 0 aromatic carbocycles. The summed E-state index contributed by atoms with van der Waals surface area (Å²) in [4.78, 5) is 9.43. The average Bonchev–Trinajstić information content (AvgIpc) is 3.18. The Morgan fingerprint density at radius 1 is 1.38 bits per heavy atom. The molecule has 0 spiro atoms. The van der Waals surface area contributed by atoms with E-state index in [0.29, 0.717) is 5.41 Å². The van der Waals surface area contributed by atoms with Crippen molar-refractivity contribution in [1.29, 1.82) is 0 Å². The smallest absolute Gasteiger partial charge is 0.185 e. The topological polar surface area (TPSA) is 40.6 Å². The number of piperazine rings is 1. The Morgan fingerprint density at radius 2 is 2.24 bits per heavy atom. The van der Waals surface area contributed by atoms with Crippen molar-refractivity contribution in [3.05, 3.63) is 11.6 Å². The highest BCUT2D eigenvalue weighted by atomic mass is 32.1. The third kappa shape index (κ3) is 3.74. The van der Waals surface area contributed by atoms with E-state index in [1.54, 1.807) is 11.3 Å². The predicted molar refractivity (Wildman–Crippen MR) is 87.2 cm³/mol. The Bertz CT molecular complexity index is 411. The number of aromatic nitrogens is 1. The zero-order valence-corrected chi connectivity index (χ0v) is 13.7. The first kappa shape index (κ1) is 15.2. The first-order valence-corrected chi connectivity index (χ1v) is 8.85. The van der Waals surface area contributed by atoms with Gasteiger partial charge in [-0.2, -0.15) is 0 Å². The molecule has 5 nitrogen and oxygen atoms in total. The van der Waals surface area contributed by atoms with Gasteiger partial charge in [0.25, 0.3) is 0 Å². The molecule has 1 aromatic rings. The van der Waals surface area contributed by atoms with E-state index >= 15 is 0 Å². The number of anilines is 1. The van der Waals surface area contributed by atoms with Gasteiger partial charge in [0.2, 0.25) is 0 Å². The summed E-state index contributed by atoms with van der Waals surface area (Å²) in [5.74, 6) is 0. The van der Waals surface area contributed by atoms with Crippen LogP contribution in [0.2, 0.25) is 0 Å². The maximum Gasteiger partial charge on any atom is 0.185 e. The fourth-order valence-electron chi connectivity index (χ4n) is 3.30. The Kier molecular flexibility index (Phi) is 5.11. The summed E-state index contributed by atoms with van der Waals surface area (Å²) >= 11 is 1.74. The van der Waals surface area contributed by atoms with E-state index in [2.05, 4.69) is 32.4 Å². The highest BCUT2D eigenvalue weighted by Gasteiger charge is 2.37. The van der Waals surface area contributed by atoms with Gasteiger partial charge in [0.05, 0.1) is 6.61 Å². The van der Waals surface area contributed by atoms with Gasteiger partial charge < -0.3 is 15.0 Å². The van der Waals surface area contributed by atoms with Crippen LogP contribution in [0.4, 0.5) is 5.13 Å². The van der Waals surface area contributed by atoms with E-state index in [1.165, 1.54) is 11.6 Å². The summed E-state index contributed by atoms with van der Waals surface area (Å²) in [6, 6.07) is 0. The fraction of sp³-hybridized carbons (Fsp3) is 0.800. The Balaban J connectivity index is 1.51. The van der Waals surface area contributed by atoms with Gasteiger partial charge in [0.1, 0.15) is 0 Å². The molecule has 3 rings (SSSR count). The minimum Gasteiger partial charge on any atom is -0.381 e. The number of hydrogen-bond donors (Lipinski definition) is 1. The molecule has 2 saturated heterocycles. The van der Waals surface area contributed by atoms with Gasteiger partial charge in [-0.15, -0.1) is 11.3 Å². The SMILES string of the molecule is CCNCC1(CN2CCN(c3nccs3)CC2)CCOC1. The van der Waals surface area contributed by atoms with Gasteiger partial charge in [-0.05, 0) is 13.0 Å². The Labute approximate surface area is 131 Å². The van der Waals surface area contributed by atoms with Crippen molar-refractivity contribution in [2.24, 2.45) is 5.41 Å². The molecule has 118 valence electrons. The summed E-state index contributed by atoms with van der Waals surface area (Å²) in [5, 5.41) is 6.75. The summed E-state index contributed by atoms with van der Waals surface area (Å²) in [6.07, 6.45) is 3.08. The van der Waals surface area contributed by atoms with Crippen LogP contribution in [0.15, 0.2) is 11.6 Å². The van der Waals surface area contributed by atoms with Crippen LogP contribution in [0.1, 0.15) is 13.3 Å². The first-order valence-electron chi connectivity index (χ1n) is 7.97. The second kappa shape index (κ2) is 7.05. The molecule has 1 unspecified atom stereocenters. The molecule has 1 N–H and O–H groups in total. The second-order valence-corrected chi connectivity index (χ2v) is 7.03. The van der Waals surface area contributed by atoms with Crippen molar-refractivity contribution < 1.29 is 4.74 Å². The van der Waals surface area contributed by atoms with Crippen molar-refractivity contribution >= 4 is 16.5 Å². The number of hydrogen-bond acceptors (Lipinski definition) is 6. The third-order valence-corrected chi connectivity index (χ3v) is 5.39. The van der Waals surface area contributed by atoms with Gasteiger partial charge >= 0.3 is 0 Å². The summed E-state index contributed by atoms with van der Waals surface area (Å²) in [6.45, 7) is 11.7. The summed E-state index contributed by atoms with van der Waals surface area (Å²) < 4.78 is 5.69. The van der Waals surface area contributed by atoms with Crippen molar-refractivity contribution in [2.45, 2.75) is 13.3 Å². The van der Waals surface area contributed by atoms with Gasteiger partial charge in [0.15, 0.2) is 5.13 Å². The van der Waals surface area contributed by atoms with Crippen LogP contribution >= 0.6 is 11.3 Å². The highest BCUT2D eigenvalue weighted by Crippen LogP contribution is 2.30. The number of rotatable bonds is 6. The lowest BCUT2D eigenvalue weighted by Crippen LogP contribution is -2.52. The lowest BCUT2D eigenvalue weighted by Gasteiger charge is -2.39. The Hall–Kier alpha value is -0.690. The molecule has 21 heavy (non-hydrogen) atoms.